The quantitative estimate of drug-likeness (QED) is 0.593. The fourth-order valence-electron chi connectivity index (χ4n) is 1.11. The molecular formula is C7H8BrF3. The molecule has 0 atom stereocenters. The van der Waals surface area contributed by atoms with Crippen molar-refractivity contribution < 1.29 is 13.2 Å². The minimum atomic E-state index is -2.58. The first-order chi connectivity index (χ1) is 5.01. The maximum atomic E-state index is 12.5. The van der Waals surface area contributed by atoms with Gasteiger partial charge in [0.25, 0.3) is 0 Å². The van der Waals surface area contributed by atoms with Gasteiger partial charge in [-0.1, -0.05) is 0 Å². The largest absolute Gasteiger partial charge is 0.248 e. The second-order valence-corrected chi connectivity index (χ2v) is 3.42. The van der Waals surface area contributed by atoms with Gasteiger partial charge in [-0.25, -0.2) is 8.78 Å². The van der Waals surface area contributed by atoms with Gasteiger partial charge < -0.3 is 0 Å². The molecule has 0 N–H and O–H groups in total. The first kappa shape index (κ1) is 9.10. The molecule has 1 aliphatic rings. The minimum Gasteiger partial charge on any atom is -0.207 e. The summed E-state index contributed by atoms with van der Waals surface area (Å²) in [5.74, 6) is -2.58. The van der Waals surface area contributed by atoms with Crippen LogP contribution in [0.15, 0.2) is 10.3 Å². The van der Waals surface area contributed by atoms with Crippen LogP contribution in [0.1, 0.15) is 25.7 Å². The van der Waals surface area contributed by atoms with Crippen LogP contribution in [0.3, 0.4) is 0 Å². The van der Waals surface area contributed by atoms with Gasteiger partial charge in [-0.2, -0.15) is 4.39 Å². The second-order valence-electron chi connectivity index (χ2n) is 2.72. The van der Waals surface area contributed by atoms with E-state index >= 15 is 0 Å². The van der Waals surface area contributed by atoms with Crippen molar-refractivity contribution in [3.05, 3.63) is 10.3 Å². The standard InChI is InChI=1S/C7H8BrF3/c8-6(9)5-1-3-7(10,11)4-2-5/h1-4H2. The molecule has 0 bridgehead atoms. The highest BCUT2D eigenvalue weighted by molar-refractivity contribution is 9.11. The predicted molar refractivity (Wildman–Crippen MR) is 40.5 cm³/mol. The van der Waals surface area contributed by atoms with Crippen LogP contribution < -0.4 is 0 Å². The van der Waals surface area contributed by atoms with Gasteiger partial charge in [0.1, 0.15) is 0 Å². The van der Waals surface area contributed by atoms with Crippen LogP contribution in [0.25, 0.3) is 0 Å². The minimum absolute atomic E-state index is 0.171. The Kier molecular flexibility index (Phi) is 2.62. The first-order valence-corrected chi connectivity index (χ1v) is 4.21. The van der Waals surface area contributed by atoms with E-state index in [0.717, 1.165) is 0 Å². The molecule has 1 rings (SSSR count). The third kappa shape index (κ3) is 2.51. The molecule has 0 saturated heterocycles. The van der Waals surface area contributed by atoms with E-state index < -0.39 is 10.7 Å². The van der Waals surface area contributed by atoms with Crippen molar-refractivity contribution in [3.8, 4) is 0 Å². The summed E-state index contributed by atoms with van der Waals surface area (Å²) < 4.78 is 36.9. The van der Waals surface area contributed by atoms with Crippen LogP contribution in [0, 0.1) is 0 Å². The summed E-state index contributed by atoms with van der Waals surface area (Å²) in [6, 6.07) is 0. The van der Waals surface area contributed by atoms with E-state index in [4.69, 9.17) is 0 Å². The average molecular weight is 229 g/mol. The number of allylic oxidation sites excluding steroid dienone is 1. The van der Waals surface area contributed by atoms with E-state index in [1.165, 1.54) is 0 Å². The normalized spacial score (nSPS) is 23.5. The third-order valence-corrected chi connectivity index (χ3v) is 2.41. The van der Waals surface area contributed by atoms with Gasteiger partial charge in [0.2, 0.25) is 5.92 Å². The van der Waals surface area contributed by atoms with Gasteiger partial charge in [-0.15, -0.1) is 0 Å². The number of alkyl halides is 2. The monoisotopic (exact) mass is 228 g/mol. The first-order valence-electron chi connectivity index (χ1n) is 3.42. The van der Waals surface area contributed by atoms with Gasteiger partial charge in [0, 0.05) is 12.8 Å². The molecule has 0 aromatic carbocycles. The molecule has 11 heavy (non-hydrogen) atoms. The lowest BCUT2D eigenvalue weighted by Crippen LogP contribution is -2.20. The number of hydrogen-bond acceptors (Lipinski definition) is 0. The van der Waals surface area contributed by atoms with Crippen LogP contribution in [0.5, 0.6) is 0 Å². The fourth-order valence-corrected chi connectivity index (χ4v) is 1.50. The van der Waals surface area contributed by atoms with E-state index in [9.17, 15) is 13.2 Å². The van der Waals surface area contributed by atoms with Crippen LogP contribution in [0.4, 0.5) is 13.2 Å². The molecule has 4 heteroatoms. The molecule has 0 amide bonds. The molecular weight excluding hydrogens is 221 g/mol. The highest BCUT2D eigenvalue weighted by Crippen LogP contribution is 2.38. The smallest absolute Gasteiger partial charge is 0.207 e. The number of halogens is 4. The molecule has 0 aromatic heterocycles. The Balaban J connectivity index is 2.56. The SMILES string of the molecule is FC(Br)=C1CCC(F)(F)CC1. The Morgan fingerprint density at radius 1 is 1.27 bits per heavy atom. The zero-order valence-corrected chi connectivity index (χ0v) is 7.43. The maximum Gasteiger partial charge on any atom is 0.248 e. The van der Waals surface area contributed by atoms with Crippen molar-refractivity contribution in [1.29, 1.82) is 0 Å². The van der Waals surface area contributed by atoms with Gasteiger partial charge in [-0.05, 0) is 34.3 Å². The fraction of sp³-hybridized carbons (Fsp3) is 0.714. The summed E-state index contributed by atoms with van der Waals surface area (Å²) in [5, 5.41) is 0. The summed E-state index contributed by atoms with van der Waals surface area (Å²) in [7, 11) is 0. The molecule has 0 radical (unpaired) electrons. The zero-order valence-electron chi connectivity index (χ0n) is 5.84. The van der Waals surface area contributed by atoms with E-state index in [2.05, 4.69) is 15.9 Å². The van der Waals surface area contributed by atoms with Crippen LogP contribution in [-0.4, -0.2) is 5.92 Å². The summed E-state index contributed by atoms with van der Waals surface area (Å²) in [6.45, 7) is 0. The molecule has 0 spiro atoms. The Morgan fingerprint density at radius 2 is 1.73 bits per heavy atom. The average Bonchev–Trinajstić information content (AvgIpc) is 1.86. The lowest BCUT2D eigenvalue weighted by atomic mass is 9.93. The molecule has 1 fully saturated rings. The molecule has 0 aliphatic heterocycles. The summed E-state index contributed by atoms with van der Waals surface area (Å²) in [6.07, 6.45) is -0.100. The maximum absolute atomic E-state index is 12.5. The van der Waals surface area contributed by atoms with Crippen molar-refractivity contribution in [2.24, 2.45) is 0 Å². The molecule has 0 unspecified atom stereocenters. The van der Waals surface area contributed by atoms with Crippen molar-refractivity contribution in [1.82, 2.24) is 0 Å². The third-order valence-electron chi connectivity index (χ3n) is 1.85. The van der Waals surface area contributed by atoms with Crippen molar-refractivity contribution >= 4 is 15.9 Å². The second kappa shape index (κ2) is 3.17. The Labute approximate surface area is 71.6 Å². The molecule has 1 saturated carbocycles. The van der Waals surface area contributed by atoms with Crippen molar-refractivity contribution in [2.75, 3.05) is 0 Å². The molecule has 64 valence electrons. The number of rotatable bonds is 0. The van der Waals surface area contributed by atoms with Crippen molar-refractivity contribution in [3.63, 3.8) is 0 Å². The van der Waals surface area contributed by atoms with Crippen molar-refractivity contribution in [2.45, 2.75) is 31.6 Å². The van der Waals surface area contributed by atoms with Gasteiger partial charge >= 0.3 is 0 Å². The van der Waals surface area contributed by atoms with E-state index in [1.807, 2.05) is 0 Å². The van der Waals surface area contributed by atoms with Crippen LogP contribution in [-0.2, 0) is 0 Å². The van der Waals surface area contributed by atoms with Gasteiger partial charge in [0.05, 0.1) is 0 Å². The predicted octanol–water partition coefficient (Wildman–Crippen LogP) is 3.77. The number of hydrogen-bond donors (Lipinski definition) is 0. The Morgan fingerprint density at radius 3 is 2.09 bits per heavy atom. The van der Waals surface area contributed by atoms with Crippen LogP contribution in [0.2, 0.25) is 0 Å². The van der Waals surface area contributed by atoms with E-state index in [-0.39, 0.29) is 25.7 Å². The molecule has 1 aliphatic carbocycles. The molecule has 0 nitrogen and oxygen atoms in total. The Hall–Kier alpha value is 0.01000. The van der Waals surface area contributed by atoms with Crippen LogP contribution >= 0.6 is 15.9 Å². The highest BCUT2D eigenvalue weighted by Gasteiger charge is 2.33. The summed E-state index contributed by atoms with van der Waals surface area (Å²) in [5.41, 5.74) is 0.482. The summed E-state index contributed by atoms with van der Waals surface area (Å²) in [4.78, 5) is 0. The zero-order chi connectivity index (χ0) is 8.48. The molecule has 0 heterocycles. The lowest BCUT2D eigenvalue weighted by molar-refractivity contribution is -0.0248. The van der Waals surface area contributed by atoms with Gasteiger partial charge in [-0.3, -0.25) is 0 Å². The summed E-state index contributed by atoms with van der Waals surface area (Å²) >= 11 is 2.64. The highest BCUT2D eigenvalue weighted by atomic mass is 79.9. The topological polar surface area (TPSA) is 0 Å². The Bertz CT molecular complexity index is 170. The van der Waals surface area contributed by atoms with E-state index in [0.29, 0.717) is 5.57 Å². The van der Waals surface area contributed by atoms with Gasteiger partial charge in [0.15, 0.2) is 4.74 Å². The van der Waals surface area contributed by atoms with E-state index in [1.54, 1.807) is 0 Å². The molecule has 0 aromatic rings. The lowest BCUT2D eigenvalue weighted by Gasteiger charge is -2.22.